The minimum Gasteiger partial charge on any atom is -0.303 e. The first-order valence-electron chi connectivity index (χ1n) is 6.71. The molecular weight excluding hydrogens is 374 g/mol. The fraction of sp³-hybridized carbons (Fsp3) is 0.0588. The van der Waals surface area contributed by atoms with Gasteiger partial charge in [0.1, 0.15) is 6.29 Å². The number of nitrogens with zero attached hydrogens (tertiary/aromatic N) is 1. The van der Waals surface area contributed by atoms with Crippen LogP contribution in [0.3, 0.4) is 0 Å². The second-order valence-corrected chi connectivity index (χ2v) is 7.85. The van der Waals surface area contributed by atoms with Gasteiger partial charge in [0.25, 0.3) is 0 Å². The van der Waals surface area contributed by atoms with Crippen molar-refractivity contribution in [3.05, 3.63) is 82.8 Å². The van der Waals surface area contributed by atoms with Crippen molar-refractivity contribution in [2.75, 3.05) is 0 Å². The van der Waals surface area contributed by atoms with Crippen LogP contribution in [-0.4, -0.2) is 15.4 Å². The van der Waals surface area contributed by atoms with Crippen molar-refractivity contribution >= 4 is 10.5 Å². The third-order valence-corrected chi connectivity index (χ3v) is 5.73. The molecule has 0 spiro atoms. The van der Waals surface area contributed by atoms with E-state index in [1.807, 2.05) is 36.4 Å². The number of benzene rings is 1. The van der Waals surface area contributed by atoms with Crippen LogP contribution >= 0.6 is 0 Å². The van der Waals surface area contributed by atoms with Crippen molar-refractivity contribution in [2.24, 2.45) is 5.84 Å². The number of aromatic nitrogens is 1. The van der Waals surface area contributed by atoms with Crippen LogP contribution < -0.4 is 9.83 Å². The Bertz CT molecular complexity index is 656. The summed E-state index contributed by atoms with van der Waals surface area (Å²) in [7, 11) is 0. The van der Waals surface area contributed by atoms with Crippen molar-refractivity contribution in [3.63, 3.8) is 0 Å². The van der Waals surface area contributed by atoms with Crippen LogP contribution in [0.15, 0.2) is 71.5 Å². The molecule has 2 aromatic rings. The molecule has 0 radical (unpaired) electrons. The van der Waals surface area contributed by atoms with E-state index < -0.39 is 17.6 Å². The topological polar surface area (TPSA) is 85.1 Å². The molecule has 1 aromatic carbocycles. The summed E-state index contributed by atoms with van der Waals surface area (Å²) in [5.74, 6) is 5.30. The quantitative estimate of drug-likeness (QED) is 0.258. The van der Waals surface area contributed by atoms with E-state index in [0.29, 0.717) is 12.0 Å². The monoisotopic (exact) mass is 394 g/mol. The van der Waals surface area contributed by atoms with Gasteiger partial charge in [0.2, 0.25) is 0 Å². The van der Waals surface area contributed by atoms with Crippen LogP contribution in [0.4, 0.5) is 0 Å². The van der Waals surface area contributed by atoms with Crippen LogP contribution in [-0.2, 0) is 28.8 Å². The number of hydrogen-bond acceptors (Lipinski definition) is 5. The fourth-order valence-electron chi connectivity index (χ4n) is 1.53. The molecule has 0 aliphatic rings. The van der Waals surface area contributed by atoms with Gasteiger partial charge in [-0.05, 0) is 12.1 Å². The van der Waals surface area contributed by atoms with Crippen LogP contribution in [0.25, 0.3) is 0 Å². The zero-order valence-corrected chi connectivity index (χ0v) is 14.5. The van der Waals surface area contributed by atoms with E-state index >= 15 is 0 Å². The van der Waals surface area contributed by atoms with Crippen molar-refractivity contribution in [3.8, 4) is 0 Å². The maximum absolute atomic E-state index is 11.8. The van der Waals surface area contributed by atoms with E-state index in [1.54, 1.807) is 22.8 Å². The SMILES string of the molecule is C=C=[CH][Mo]([NH]N)[C](=O)c1ccccc1.O=CCc1ccccn1. The predicted octanol–water partition coefficient (Wildman–Crippen LogP) is 1.94. The van der Waals surface area contributed by atoms with Gasteiger partial charge < -0.3 is 4.79 Å². The number of aldehydes is 1. The van der Waals surface area contributed by atoms with Crippen molar-refractivity contribution in [1.29, 1.82) is 0 Å². The number of hydrazine groups is 1. The van der Waals surface area contributed by atoms with Crippen LogP contribution in [0.2, 0.25) is 0 Å². The molecule has 0 bridgehead atoms. The van der Waals surface area contributed by atoms with Gasteiger partial charge in [-0.1, -0.05) is 6.07 Å². The number of carbonyl (C=O) groups is 2. The first-order chi connectivity index (χ1) is 11.2. The molecule has 2 rings (SSSR count). The Labute approximate surface area is 141 Å². The van der Waals surface area contributed by atoms with Gasteiger partial charge in [-0.15, -0.1) is 0 Å². The third-order valence-electron chi connectivity index (χ3n) is 2.56. The molecule has 0 saturated heterocycles. The van der Waals surface area contributed by atoms with Crippen molar-refractivity contribution in [1.82, 2.24) is 8.97 Å². The van der Waals surface area contributed by atoms with E-state index in [2.05, 4.69) is 21.3 Å². The summed E-state index contributed by atoms with van der Waals surface area (Å²) in [4.78, 5) is 25.7. The Morgan fingerprint density at radius 3 is 2.48 bits per heavy atom. The van der Waals surface area contributed by atoms with Crippen LogP contribution in [0, 0.1) is 0 Å². The predicted molar refractivity (Wildman–Crippen MR) is 85.8 cm³/mol. The van der Waals surface area contributed by atoms with Gasteiger partial charge in [0.15, 0.2) is 0 Å². The Morgan fingerprint density at radius 1 is 1.26 bits per heavy atom. The summed E-state index contributed by atoms with van der Waals surface area (Å²) in [6.45, 7) is 3.44. The average Bonchev–Trinajstić information content (AvgIpc) is 2.61. The molecule has 1 heterocycles. The number of hydrogen-bond donors (Lipinski definition) is 2. The molecule has 0 aliphatic heterocycles. The van der Waals surface area contributed by atoms with Gasteiger partial charge in [0.05, 0.1) is 0 Å². The molecule has 1 aromatic heterocycles. The summed E-state index contributed by atoms with van der Waals surface area (Å²) in [5, 5.41) is 0. The Morgan fingerprint density at radius 2 is 1.96 bits per heavy atom. The Hall–Kier alpha value is -2.16. The number of rotatable bonds is 6. The van der Waals surface area contributed by atoms with E-state index in [9.17, 15) is 9.59 Å². The summed E-state index contributed by atoms with van der Waals surface area (Å²) in [5.41, 5.74) is 4.12. The molecule has 119 valence electrons. The smallest absolute Gasteiger partial charge is 0.125 e. The first-order valence-corrected chi connectivity index (χ1v) is 9.87. The molecule has 0 saturated carbocycles. The van der Waals surface area contributed by atoms with Gasteiger partial charge in [-0.25, -0.2) is 0 Å². The van der Waals surface area contributed by atoms with Crippen molar-refractivity contribution < 1.29 is 27.2 Å². The van der Waals surface area contributed by atoms with E-state index in [0.717, 1.165) is 12.0 Å². The largest absolute Gasteiger partial charge is 0.303 e. The second-order valence-electron chi connectivity index (χ2n) is 4.12. The zero-order chi connectivity index (χ0) is 16.9. The Kier molecular flexibility index (Phi) is 9.37. The first kappa shape index (κ1) is 18.9. The third kappa shape index (κ3) is 7.09. The van der Waals surface area contributed by atoms with Gasteiger partial charge >= 0.3 is 89.0 Å². The maximum Gasteiger partial charge on any atom is 0.125 e. The minimum atomic E-state index is -2.25. The van der Waals surface area contributed by atoms with Crippen molar-refractivity contribution in [2.45, 2.75) is 6.42 Å². The fourth-order valence-corrected chi connectivity index (χ4v) is 3.59. The number of nitrogens with two attached hydrogens (primary N) is 1. The standard InChI is InChI=1S/C7H7NO.C7H5O.C3H3.Mo.H3N2/c9-6-4-7-3-1-2-5-8-7;8-6-7-4-2-1-3-5-7;1-3-2;;1-2/h1-3,5-6H,4H2;1-5H;1H,2H2;;1H,2H2/q;;;+1;-1. The minimum absolute atomic E-state index is 0.0767. The molecule has 3 N–H and O–H groups in total. The van der Waals surface area contributed by atoms with E-state index in [4.69, 9.17) is 5.84 Å². The molecule has 0 aliphatic carbocycles. The zero-order valence-electron chi connectivity index (χ0n) is 12.5. The van der Waals surface area contributed by atoms with Crippen LogP contribution in [0.1, 0.15) is 16.1 Å². The number of carbonyl (C=O) groups excluding carboxylic acids is 2. The van der Waals surface area contributed by atoms with Gasteiger partial charge in [0, 0.05) is 18.3 Å². The van der Waals surface area contributed by atoms with Gasteiger partial charge in [-0.2, -0.15) is 0 Å². The maximum atomic E-state index is 11.8. The summed E-state index contributed by atoms with van der Waals surface area (Å²) in [6, 6.07) is 14.6. The summed E-state index contributed by atoms with van der Waals surface area (Å²) in [6.07, 6.45) is 2.95. The molecule has 5 nitrogen and oxygen atoms in total. The average molecular weight is 392 g/mol. The molecule has 6 heteroatoms. The Balaban J connectivity index is 0.000000253. The van der Waals surface area contributed by atoms with E-state index in [1.165, 1.54) is 0 Å². The number of nitrogens with one attached hydrogen (secondary N) is 1. The van der Waals surface area contributed by atoms with Crippen LogP contribution in [0.5, 0.6) is 0 Å². The molecule has 0 fully saturated rings. The van der Waals surface area contributed by atoms with E-state index in [-0.39, 0.29) is 4.17 Å². The molecule has 0 amide bonds. The molecule has 0 atom stereocenters. The molecule has 23 heavy (non-hydrogen) atoms. The number of pyridine rings is 1. The van der Waals surface area contributed by atoms with Gasteiger partial charge in [-0.3, -0.25) is 4.98 Å². The molecular formula is C17H18MoN3O2. The normalized spacial score (nSPS) is 9.30. The summed E-state index contributed by atoms with van der Waals surface area (Å²) < 4.78 is 4.31. The summed E-state index contributed by atoms with van der Waals surface area (Å²) >= 11 is -2.25. The molecule has 0 unspecified atom stereocenters. The second kappa shape index (κ2) is 11.4.